The maximum atomic E-state index is 11.5. The molecule has 2 atom stereocenters. The smallest absolute Gasteiger partial charge is 0.410 e. The first-order valence-corrected chi connectivity index (χ1v) is 4.96. The summed E-state index contributed by atoms with van der Waals surface area (Å²) < 4.78 is 5.12. The summed E-state index contributed by atoms with van der Waals surface area (Å²) in [5.41, 5.74) is 0. The zero-order chi connectivity index (χ0) is 10.0. The van der Waals surface area contributed by atoms with E-state index in [0.717, 1.165) is 13.1 Å². The topological polar surface area (TPSA) is 29.5 Å². The van der Waals surface area contributed by atoms with Crippen LogP contribution in [0.3, 0.4) is 0 Å². The molecule has 1 rings (SSSR count). The Labute approximate surface area is 80.1 Å². The van der Waals surface area contributed by atoms with E-state index in [9.17, 15) is 4.79 Å². The minimum atomic E-state index is -0.161. The molecule has 1 amide bonds. The average molecular weight is 185 g/mol. The predicted octanol–water partition coefficient (Wildman–Crippen LogP) is 2.12. The van der Waals surface area contributed by atoms with Crippen molar-refractivity contribution in [2.45, 2.75) is 33.8 Å². The molecule has 1 aliphatic rings. The van der Waals surface area contributed by atoms with Crippen molar-refractivity contribution in [3.63, 3.8) is 0 Å². The summed E-state index contributed by atoms with van der Waals surface area (Å²) in [5, 5.41) is 0. The van der Waals surface area contributed by atoms with Crippen molar-refractivity contribution in [3.8, 4) is 0 Å². The first kappa shape index (κ1) is 10.4. The second-order valence-electron chi connectivity index (χ2n) is 4.29. The van der Waals surface area contributed by atoms with Gasteiger partial charge in [0.2, 0.25) is 0 Å². The van der Waals surface area contributed by atoms with Crippen molar-refractivity contribution in [1.82, 2.24) is 4.90 Å². The first-order chi connectivity index (χ1) is 6.00. The Bertz CT molecular complexity index is 181. The molecule has 13 heavy (non-hydrogen) atoms. The number of ether oxygens (including phenoxy) is 1. The van der Waals surface area contributed by atoms with E-state index in [1.807, 2.05) is 13.8 Å². The van der Waals surface area contributed by atoms with Crippen LogP contribution in [0, 0.1) is 11.8 Å². The summed E-state index contributed by atoms with van der Waals surface area (Å²) >= 11 is 0. The SMILES string of the molecule is CC(C)OC(=O)N1CC(C)C(C)C1. The van der Waals surface area contributed by atoms with Crippen LogP contribution < -0.4 is 0 Å². The summed E-state index contributed by atoms with van der Waals surface area (Å²) in [4.78, 5) is 13.3. The van der Waals surface area contributed by atoms with Gasteiger partial charge in [0.1, 0.15) is 0 Å². The van der Waals surface area contributed by atoms with E-state index >= 15 is 0 Å². The Morgan fingerprint density at radius 1 is 1.31 bits per heavy atom. The maximum absolute atomic E-state index is 11.5. The third-order valence-corrected chi connectivity index (χ3v) is 2.58. The lowest BCUT2D eigenvalue weighted by Gasteiger charge is -2.17. The van der Waals surface area contributed by atoms with E-state index < -0.39 is 0 Å². The van der Waals surface area contributed by atoms with Crippen LogP contribution in [-0.4, -0.2) is 30.2 Å². The van der Waals surface area contributed by atoms with Crippen molar-refractivity contribution in [2.24, 2.45) is 11.8 Å². The fraction of sp³-hybridized carbons (Fsp3) is 0.900. The molecule has 0 bridgehead atoms. The van der Waals surface area contributed by atoms with Gasteiger partial charge in [-0.05, 0) is 25.7 Å². The van der Waals surface area contributed by atoms with E-state index in [4.69, 9.17) is 4.74 Å². The first-order valence-electron chi connectivity index (χ1n) is 4.96. The molecule has 0 spiro atoms. The Morgan fingerprint density at radius 3 is 2.15 bits per heavy atom. The normalized spacial score (nSPS) is 28.2. The molecule has 0 radical (unpaired) electrons. The summed E-state index contributed by atoms with van der Waals surface area (Å²) in [6.45, 7) is 9.78. The van der Waals surface area contributed by atoms with Crippen LogP contribution in [0.4, 0.5) is 4.79 Å². The van der Waals surface area contributed by atoms with Crippen LogP contribution in [0.5, 0.6) is 0 Å². The molecular weight excluding hydrogens is 166 g/mol. The standard InChI is InChI=1S/C10H19NO2/c1-7(2)13-10(12)11-5-8(3)9(4)6-11/h7-9H,5-6H2,1-4H3. The van der Waals surface area contributed by atoms with E-state index in [1.165, 1.54) is 0 Å². The minimum Gasteiger partial charge on any atom is -0.447 e. The molecule has 1 heterocycles. The van der Waals surface area contributed by atoms with Crippen molar-refractivity contribution in [3.05, 3.63) is 0 Å². The van der Waals surface area contributed by atoms with E-state index in [-0.39, 0.29) is 12.2 Å². The highest BCUT2D eigenvalue weighted by molar-refractivity contribution is 5.68. The molecule has 3 heteroatoms. The van der Waals surface area contributed by atoms with Crippen LogP contribution >= 0.6 is 0 Å². The van der Waals surface area contributed by atoms with Gasteiger partial charge in [-0.3, -0.25) is 0 Å². The Hall–Kier alpha value is -0.730. The number of carbonyl (C=O) groups excluding carboxylic acids is 1. The number of rotatable bonds is 1. The van der Waals surface area contributed by atoms with Gasteiger partial charge in [0.05, 0.1) is 6.10 Å². The van der Waals surface area contributed by atoms with Crippen LogP contribution in [0.2, 0.25) is 0 Å². The molecule has 0 aromatic rings. The second-order valence-corrected chi connectivity index (χ2v) is 4.29. The van der Waals surface area contributed by atoms with Crippen molar-refractivity contribution >= 4 is 6.09 Å². The summed E-state index contributed by atoms with van der Waals surface area (Å²) in [5.74, 6) is 1.19. The van der Waals surface area contributed by atoms with Crippen molar-refractivity contribution < 1.29 is 9.53 Å². The van der Waals surface area contributed by atoms with E-state index in [1.54, 1.807) is 4.90 Å². The summed E-state index contributed by atoms with van der Waals surface area (Å²) in [6, 6.07) is 0. The van der Waals surface area contributed by atoms with Gasteiger partial charge < -0.3 is 9.64 Å². The number of likely N-dealkylation sites (tertiary alicyclic amines) is 1. The number of amides is 1. The molecule has 1 saturated heterocycles. The summed E-state index contributed by atoms with van der Waals surface area (Å²) in [7, 11) is 0. The summed E-state index contributed by atoms with van der Waals surface area (Å²) in [6.07, 6.45) is -0.176. The highest BCUT2D eigenvalue weighted by atomic mass is 16.6. The lowest BCUT2D eigenvalue weighted by Crippen LogP contribution is -2.31. The number of hydrogen-bond acceptors (Lipinski definition) is 2. The van der Waals surface area contributed by atoms with E-state index in [0.29, 0.717) is 11.8 Å². The van der Waals surface area contributed by atoms with Gasteiger partial charge in [-0.25, -0.2) is 4.79 Å². The Morgan fingerprint density at radius 2 is 1.77 bits per heavy atom. The third kappa shape index (κ3) is 2.61. The number of carbonyl (C=O) groups is 1. The van der Waals surface area contributed by atoms with Gasteiger partial charge in [0, 0.05) is 13.1 Å². The van der Waals surface area contributed by atoms with Gasteiger partial charge in [-0.2, -0.15) is 0 Å². The quantitative estimate of drug-likeness (QED) is 0.626. The largest absolute Gasteiger partial charge is 0.447 e. The molecule has 1 aliphatic heterocycles. The van der Waals surface area contributed by atoms with Gasteiger partial charge in [-0.1, -0.05) is 13.8 Å². The van der Waals surface area contributed by atoms with Crippen LogP contribution in [0.15, 0.2) is 0 Å². The number of hydrogen-bond donors (Lipinski definition) is 0. The molecule has 76 valence electrons. The Balaban J connectivity index is 2.42. The lowest BCUT2D eigenvalue weighted by atomic mass is 10.0. The third-order valence-electron chi connectivity index (χ3n) is 2.58. The molecule has 0 saturated carbocycles. The van der Waals surface area contributed by atoms with Crippen molar-refractivity contribution in [1.29, 1.82) is 0 Å². The van der Waals surface area contributed by atoms with Crippen LogP contribution in [0.1, 0.15) is 27.7 Å². The zero-order valence-electron chi connectivity index (χ0n) is 8.91. The lowest BCUT2D eigenvalue weighted by molar-refractivity contribution is 0.0822. The molecule has 0 aromatic heterocycles. The molecule has 0 aromatic carbocycles. The molecule has 3 nitrogen and oxygen atoms in total. The average Bonchev–Trinajstić information content (AvgIpc) is 2.31. The Kier molecular flexibility index (Phi) is 3.17. The highest BCUT2D eigenvalue weighted by Gasteiger charge is 2.30. The van der Waals surface area contributed by atoms with Crippen LogP contribution in [0.25, 0.3) is 0 Å². The monoisotopic (exact) mass is 185 g/mol. The molecule has 1 fully saturated rings. The van der Waals surface area contributed by atoms with Crippen LogP contribution in [-0.2, 0) is 4.74 Å². The van der Waals surface area contributed by atoms with Gasteiger partial charge in [-0.15, -0.1) is 0 Å². The molecule has 0 N–H and O–H groups in total. The highest BCUT2D eigenvalue weighted by Crippen LogP contribution is 2.22. The van der Waals surface area contributed by atoms with Crippen molar-refractivity contribution in [2.75, 3.05) is 13.1 Å². The molecule has 2 unspecified atom stereocenters. The predicted molar refractivity (Wildman–Crippen MR) is 51.5 cm³/mol. The van der Waals surface area contributed by atoms with Gasteiger partial charge in [0.15, 0.2) is 0 Å². The maximum Gasteiger partial charge on any atom is 0.410 e. The van der Waals surface area contributed by atoms with Gasteiger partial charge in [0.25, 0.3) is 0 Å². The molecular formula is C10H19NO2. The fourth-order valence-electron chi connectivity index (χ4n) is 1.55. The number of nitrogens with zero attached hydrogens (tertiary/aromatic N) is 1. The molecule has 0 aliphatic carbocycles. The van der Waals surface area contributed by atoms with E-state index in [2.05, 4.69) is 13.8 Å². The van der Waals surface area contributed by atoms with Gasteiger partial charge >= 0.3 is 6.09 Å². The fourth-order valence-corrected chi connectivity index (χ4v) is 1.55. The minimum absolute atomic E-state index is 0.0151. The second kappa shape index (κ2) is 3.99. The zero-order valence-corrected chi connectivity index (χ0v) is 8.91.